The minimum Gasteiger partial charge on any atom is -0.508 e. The number of aromatic hydroxyl groups is 1. The molecule has 1 aromatic carbocycles. The van der Waals surface area contributed by atoms with Crippen LogP contribution in [0.4, 0.5) is 0 Å². The summed E-state index contributed by atoms with van der Waals surface area (Å²) < 4.78 is 0. The summed E-state index contributed by atoms with van der Waals surface area (Å²) in [5.41, 5.74) is 3.67. The number of hydrogen-bond donors (Lipinski definition) is 5. The number of carbonyl (C=O) groups is 3. The average molecular weight is 513 g/mol. The first-order valence-corrected chi connectivity index (χ1v) is 12.9. The van der Waals surface area contributed by atoms with E-state index in [1.54, 1.807) is 14.1 Å². The molecule has 0 saturated heterocycles. The molecule has 9 heteroatoms. The molecular formula is C28H36N2O7. The lowest BCUT2D eigenvalue weighted by molar-refractivity contribution is -0.153. The number of phenols is 1. The number of aryl methyl sites for hydroxylation is 1. The van der Waals surface area contributed by atoms with Crippen molar-refractivity contribution in [2.75, 3.05) is 14.1 Å². The largest absolute Gasteiger partial charge is 0.508 e. The van der Waals surface area contributed by atoms with Crippen LogP contribution in [0, 0.1) is 17.8 Å². The van der Waals surface area contributed by atoms with E-state index in [2.05, 4.69) is 13.8 Å². The molecule has 0 heterocycles. The van der Waals surface area contributed by atoms with Gasteiger partial charge >= 0.3 is 0 Å². The van der Waals surface area contributed by atoms with Gasteiger partial charge < -0.3 is 26.2 Å². The second-order valence-corrected chi connectivity index (χ2v) is 10.8. The number of aliphatic hydroxyl groups is 3. The Morgan fingerprint density at radius 3 is 2.38 bits per heavy atom. The molecule has 0 bridgehead atoms. The van der Waals surface area contributed by atoms with Gasteiger partial charge in [-0.15, -0.1) is 0 Å². The number of amides is 1. The highest BCUT2D eigenvalue weighted by atomic mass is 16.3. The minimum absolute atomic E-state index is 0.0907. The zero-order valence-electron chi connectivity index (χ0n) is 21.7. The van der Waals surface area contributed by atoms with Crippen molar-refractivity contribution in [3.05, 3.63) is 45.7 Å². The lowest BCUT2D eigenvalue weighted by Gasteiger charge is -2.50. The number of nitrogens with two attached hydrogens (primary N) is 1. The summed E-state index contributed by atoms with van der Waals surface area (Å²) in [6.07, 6.45) is 4.20. The van der Waals surface area contributed by atoms with Crippen LogP contribution in [0.25, 0.3) is 5.76 Å². The van der Waals surface area contributed by atoms with Gasteiger partial charge in [-0.2, -0.15) is 0 Å². The maximum Gasteiger partial charge on any atom is 0.255 e. The van der Waals surface area contributed by atoms with Crippen LogP contribution in [-0.2, 0) is 27.2 Å². The first kappa shape index (κ1) is 26.9. The number of ketones is 2. The van der Waals surface area contributed by atoms with Crippen molar-refractivity contribution < 1.29 is 34.8 Å². The molecule has 0 radical (unpaired) electrons. The maximum absolute atomic E-state index is 13.9. The summed E-state index contributed by atoms with van der Waals surface area (Å²) in [5.74, 6) is -5.79. The summed E-state index contributed by atoms with van der Waals surface area (Å²) in [6.45, 7) is 4.30. The van der Waals surface area contributed by atoms with Crippen molar-refractivity contribution >= 4 is 23.2 Å². The van der Waals surface area contributed by atoms with Gasteiger partial charge in [-0.25, -0.2) is 0 Å². The average Bonchev–Trinajstić information content (AvgIpc) is 2.82. The molecule has 3 aliphatic rings. The molecule has 1 saturated carbocycles. The van der Waals surface area contributed by atoms with Gasteiger partial charge in [0.25, 0.3) is 5.91 Å². The Hall–Kier alpha value is -3.17. The Labute approximate surface area is 216 Å². The van der Waals surface area contributed by atoms with E-state index in [9.17, 15) is 34.8 Å². The monoisotopic (exact) mass is 512 g/mol. The molecule has 1 amide bonds. The number of nitrogens with zero attached hydrogens (tertiary/aromatic N) is 1. The van der Waals surface area contributed by atoms with E-state index in [1.165, 1.54) is 11.0 Å². The van der Waals surface area contributed by atoms with Crippen LogP contribution in [0.3, 0.4) is 0 Å². The predicted octanol–water partition coefficient (Wildman–Crippen LogP) is 2.33. The molecule has 4 rings (SSSR count). The lowest BCUT2D eigenvalue weighted by Crippen LogP contribution is -2.65. The summed E-state index contributed by atoms with van der Waals surface area (Å²) in [5, 5.41) is 44.5. The molecule has 200 valence electrons. The van der Waals surface area contributed by atoms with E-state index in [0.29, 0.717) is 12.3 Å². The predicted molar refractivity (Wildman–Crippen MR) is 137 cm³/mol. The third kappa shape index (κ3) is 3.95. The number of primary amides is 1. The van der Waals surface area contributed by atoms with Crippen molar-refractivity contribution in [2.24, 2.45) is 23.5 Å². The second kappa shape index (κ2) is 9.61. The molecule has 6 N–H and O–H groups in total. The van der Waals surface area contributed by atoms with Gasteiger partial charge in [-0.05, 0) is 68.8 Å². The minimum atomic E-state index is -2.62. The normalized spacial score (nSPS) is 27.5. The van der Waals surface area contributed by atoms with E-state index >= 15 is 0 Å². The smallest absolute Gasteiger partial charge is 0.255 e. The van der Waals surface area contributed by atoms with Crippen molar-refractivity contribution in [2.45, 2.75) is 64.0 Å². The summed E-state index contributed by atoms with van der Waals surface area (Å²) in [6, 6.07) is 2.25. The highest BCUT2D eigenvalue weighted by molar-refractivity contribution is 6.24. The van der Waals surface area contributed by atoms with Crippen molar-refractivity contribution in [1.29, 1.82) is 0 Å². The molecule has 0 spiro atoms. The molecule has 4 atom stereocenters. The third-order valence-corrected chi connectivity index (χ3v) is 8.68. The molecule has 37 heavy (non-hydrogen) atoms. The highest BCUT2D eigenvalue weighted by Gasteiger charge is 2.64. The fourth-order valence-electron chi connectivity index (χ4n) is 6.60. The SMILES string of the molecule is CCC(CC)CCc1ccc(O)c2c1C[C@H]1C[C@H]3[C@H](N(C)C)C(=O)C(C(N)=O)=C(O)[C@@]3(O)C(=O)C1=C2O. The van der Waals surface area contributed by atoms with Gasteiger partial charge in [0.15, 0.2) is 11.4 Å². The van der Waals surface area contributed by atoms with Gasteiger partial charge in [0.05, 0.1) is 11.6 Å². The Morgan fingerprint density at radius 2 is 1.81 bits per heavy atom. The van der Waals surface area contributed by atoms with Crippen molar-refractivity contribution in [3.63, 3.8) is 0 Å². The summed E-state index contributed by atoms with van der Waals surface area (Å²) in [7, 11) is 3.17. The van der Waals surface area contributed by atoms with Crippen LogP contribution in [0.5, 0.6) is 5.75 Å². The number of fused-ring (bicyclic) bond motifs is 3. The van der Waals surface area contributed by atoms with E-state index in [1.807, 2.05) is 6.07 Å². The quantitative estimate of drug-likeness (QED) is 0.348. The molecule has 1 fully saturated rings. The van der Waals surface area contributed by atoms with Crippen LogP contribution < -0.4 is 5.73 Å². The third-order valence-electron chi connectivity index (χ3n) is 8.68. The van der Waals surface area contributed by atoms with Crippen LogP contribution in [0.1, 0.15) is 56.2 Å². The molecule has 0 unspecified atom stereocenters. The van der Waals surface area contributed by atoms with Crippen LogP contribution >= 0.6 is 0 Å². The first-order valence-electron chi connectivity index (χ1n) is 12.9. The molecule has 9 nitrogen and oxygen atoms in total. The van der Waals surface area contributed by atoms with Crippen LogP contribution in [-0.4, -0.2) is 68.5 Å². The number of phenolic OH excluding ortho intramolecular Hbond substituents is 1. The summed E-state index contributed by atoms with van der Waals surface area (Å²) >= 11 is 0. The number of likely N-dealkylation sites (N-methyl/N-ethyl adjacent to an activating group) is 1. The molecule has 0 aliphatic heterocycles. The maximum atomic E-state index is 13.9. The fourth-order valence-corrected chi connectivity index (χ4v) is 6.60. The Bertz CT molecular complexity index is 1230. The van der Waals surface area contributed by atoms with Crippen molar-refractivity contribution in [1.82, 2.24) is 4.90 Å². The van der Waals surface area contributed by atoms with Gasteiger partial charge in [-0.3, -0.25) is 19.3 Å². The molecule has 1 aromatic rings. The highest BCUT2D eigenvalue weighted by Crippen LogP contribution is 2.53. The number of hydrogen-bond acceptors (Lipinski definition) is 8. The van der Waals surface area contributed by atoms with E-state index in [0.717, 1.165) is 36.8 Å². The van der Waals surface area contributed by atoms with E-state index in [4.69, 9.17) is 5.73 Å². The number of Topliss-reactive ketones (excluding diaryl/α,β-unsaturated/α-hetero) is 2. The molecular weight excluding hydrogens is 476 g/mol. The molecule has 0 aromatic heterocycles. The zero-order valence-corrected chi connectivity index (χ0v) is 21.7. The van der Waals surface area contributed by atoms with Gasteiger partial charge in [0.2, 0.25) is 5.78 Å². The van der Waals surface area contributed by atoms with Crippen molar-refractivity contribution in [3.8, 4) is 5.75 Å². The van der Waals surface area contributed by atoms with Crippen LogP contribution in [0.15, 0.2) is 29.0 Å². The first-order chi connectivity index (χ1) is 17.4. The number of carbonyl (C=O) groups excluding carboxylic acids is 3. The number of aliphatic hydroxyl groups excluding tert-OH is 2. The van der Waals surface area contributed by atoms with Gasteiger partial charge in [0.1, 0.15) is 22.8 Å². The van der Waals surface area contributed by atoms with E-state index in [-0.39, 0.29) is 23.3 Å². The Kier molecular flexibility index (Phi) is 6.98. The van der Waals surface area contributed by atoms with E-state index < -0.39 is 58.0 Å². The van der Waals surface area contributed by atoms with Gasteiger partial charge in [0, 0.05) is 11.5 Å². The lowest BCUT2D eigenvalue weighted by atomic mass is 9.57. The standard InChI is InChI=1S/C28H36N2O7/c1-5-13(6-2)7-8-14-9-10-18(31)20-16(14)11-15-12-17-22(30(3)4)24(33)21(27(29)36)26(35)28(17,37)25(34)19(15)23(20)32/h9-10,13,15,17,22,31-32,35,37H,5-8,11-12H2,1-4H3,(H2,29,36)/t15-,17-,22-,28-/m0/s1. The topological polar surface area (TPSA) is 161 Å². The Balaban J connectivity index is 1.87. The second-order valence-electron chi connectivity index (χ2n) is 10.8. The number of rotatable bonds is 7. The fraction of sp³-hybridized carbons (Fsp3) is 0.536. The number of benzene rings is 1. The van der Waals surface area contributed by atoms with Crippen LogP contribution in [0.2, 0.25) is 0 Å². The summed E-state index contributed by atoms with van der Waals surface area (Å²) in [4.78, 5) is 40.6. The molecule has 3 aliphatic carbocycles. The Morgan fingerprint density at radius 1 is 1.16 bits per heavy atom. The zero-order chi connectivity index (χ0) is 27.4. The van der Waals surface area contributed by atoms with Gasteiger partial charge in [-0.1, -0.05) is 32.8 Å².